The van der Waals surface area contributed by atoms with E-state index in [1.165, 1.54) is 13.8 Å². The Morgan fingerprint density at radius 1 is 1.11 bits per heavy atom. The van der Waals surface area contributed by atoms with Gasteiger partial charge in [0.25, 0.3) is 0 Å². The maximum Gasteiger partial charge on any atom is 0.137 e. The van der Waals surface area contributed by atoms with Crippen LogP contribution in [0.5, 0.6) is 0 Å². The van der Waals surface area contributed by atoms with Gasteiger partial charge in [0.1, 0.15) is 11.6 Å². The van der Waals surface area contributed by atoms with Gasteiger partial charge in [0.15, 0.2) is 0 Å². The van der Waals surface area contributed by atoms with Gasteiger partial charge in [-0.15, -0.1) is 0 Å². The standard InChI is InChI=1S/C5H8O2.H2O.Zn/c1-4(6)3-5(2)7;;/h3H2,1-2H3;1H2;. The molecule has 0 bridgehead atoms. The van der Waals surface area contributed by atoms with E-state index < -0.39 is 0 Å². The predicted octanol–water partition coefficient (Wildman–Crippen LogP) is -0.273. The summed E-state index contributed by atoms with van der Waals surface area (Å²) in [5, 5.41) is 0. The number of rotatable bonds is 2. The second-order valence-electron chi connectivity index (χ2n) is 1.58. The number of ketones is 2. The van der Waals surface area contributed by atoms with Crippen LogP contribution in [0.2, 0.25) is 0 Å². The Bertz CT molecular complexity index is 88.4. The Morgan fingerprint density at radius 2 is 1.33 bits per heavy atom. The molecular weight excluding hydrogens is 173 g/mol. The molecule has 0 aliphatic heterocycles. The van der Waals surface area contributed by atoms with Crippen LogP contribution in [0.4, 0.5) is 0 Å². The molecule has 9 heavy (non-hydrogen) atoms. The van der Waals surface area contributed by atoms with Gasteiger partial charge in [0, 0.05) is 19.5 Å². The smallest absolute Gasteiger partial charge is 0.137 e. The van der Waals surface area contributed by atoms with Crippen molar-refractivity contribution in [1.29, 1.82) is 0 Å². The monoisotopic (exact) mass is 182 g/mol. The molecule has 0 aromatic heterocycles. The second-order valence-corrected chi connectivity index (χ2v) is 1.58. The minimum Gasteiger partial charge on any atom is -0.412 e. The summed E-state index contributed by atoms with van der Waals surface area (Å²) in [4.78, 5) is 20.1. The quantitative estimate of drug-likeness (QED) is 0.437. The Kier molecular flexibility index (Phi) is 14.1. The van der Waals surface area contributed by atoms with Gasteiger partial charge < -0.3 is 5.48 Å². The van der Waals surface area contributed by atoms with Gasteiger partial charge in [-0.3, -0.25) is 9.59 Å². The molecule has 0 unspecified atom stereocenters. The molecule has 0 aromatic rings. The van der Waals surface area contributed by atoms with Crippen LogP contribution in [0, 0.1) is 0 Å². The van der Waals surface area contributed by atoms with E-state index in [9.17, 15) is 9.59 Å². The molecule has 4 heteroatoms. The second kappa shape index (κ2) is 7.92. The Labute approximate surface area is 66.9 Å². The summed E-state index contributed by atoms with van der Waals surface area (Å²) in [6, 6.07) is 0. The van der Waals surface area contributed by atoms with Crippen molar-refractivity contribution in [2.75, 3.05) is 0 Å². The van der Waals surface area contributed by atoms with Gasteiger partial charge in [0.2, 0.25) is 0 Å². The van der Waals surface area contributed by atoms with Crippen LogP contribution in [0.3, 0.4) is 0 Å². The van der Waals surface area contributed by atoms with Crippen LogP contribution >= 0.6 is 0 Å². The zero-order valence-electron chi connectivity index (χ0n) is 5.73. The molecule has 0 saturated heterocycles. The summed E-state index contributed by atoms with van der Waals surface area (Å²) in [5.74, 6) is -0.125. The van der Waals surface area contributed by atoms with E-state index in [-0.39, 0.29) is 42.9 Å². The number of Topliss-reactive ketones (excluding diaryl/α,β-unsaturated/α-hetero) is 2. The normalized spacial score (nSPS) is 6.44. The molecule has 0 atom stereocenters. The third kappa shape index (κ3) is 18.1. The minimum absolute atomic E-state index is 0. The summed E-state index contributed by atoms with van der Waals surface area (Å²) >= 11 is 0. The van der Waals surface area contributed by atoms with E-state index in [1.54, 1.807) is 0 Å². The van der Waals surface area contributed by atoms with Gasteiger partial charge in [0.05, 0.1) is 6.42 Å². The molecular formula is C5H10O3Zn. The third-order valence-electron chi connectivity index (χ3n) is 0.498. The molecule has 3 nitrogen and oxygen atoms in total. The first kappa shape index (κ1) is 16.0. The van der Waals surface area contributed by atoms with E-state index in [0.29, 0.717) is 0 Å². The zero-order valence-corrected chi connectivity index (χ0v) is 8.70. The summed E-state index contributed by atoms with van der Waals surface area (Å²) in [7, 11) is 0. The van der Waals surface area contributed by atoms with Gasteiger partial charge in [-0.1, -0.05) is 0 Å². The van der Waals surface area contributed by atoms with Crippen molar-refractivity contribution in [3.8, 4) is 0 Å². The van der Waals surface area contributed by atoms with Crippen LogP contribution in [0.1, 0.15) is 20.3 Å². The summed E-state index contributed by atoms with van der Waals surface area (Å²) < 4.78 is 0. The van der Waals surface area contributed by atoms with Gasteiger partial charge in [-0.2, -0.15) is 0 Å². The van der Waals surface area contributed by atoms with Crippen LogP contribution < -0.4 is 0 Å². The van der Waals surface area contributed by atoms with Crippen molar-refractivity contribution >= 4 is 11.6 Å². The Morgan fingerprint density at radius 3 is 1.33 bits per heavy atom. The van der Waals surface area contributed by atoms with Gasteiger partial charge in [-0.05, 0) is 13.8 Å². The molecule has 0 aliphatic rings. The molecule has 50 valence electrons. The van der Waals surface area contributed by atoms with E-state index in [1.807, 2.05) is 0 Å². The summed E-state index contributed by atoms with van der Waals surface area (Å²) in [6.07, 6.45) is 0.0833. The average molecular weight is 184 g/mol. The Hall–Kier alpha value is -0.0766. The van der Waals surface area contributed by atoms with E-state index in [4.69, 9.17) is 0 Å². The Balaban J connectivity index is -0.000000180. The molecule has 0 fully saturated rings. The maximum absolute atomic E-state index is 10.0. The van der Waals surface area contributed by atoms with Crippen LogP contribution in [0.15, 0.2) is 0 Å². The van der Waals surface area contributed by atoms with Crippen LogP contribution in [-0.4, -0.2) is 17.0 Å². The summed E-state index contributed by atoms with van der Waals surface area (Å²) in [6.45, 7) is 2.81. The first-order valence-electron chi connectivity index (χ1n) is 2.12. The number of hydrogen-bond acceptors (Lipinski definition) is 2. The fraction of sp³-hybridized carbons (Fsp3) is 0.600. The molecule has 0 rings (SSSR count). The molecule has 0 radical (unpaired) electrons. The molecule has 2 N–H and O–H groups in total. The van der Waals surface area contributed by atoms with Gasteiger partial charge >= 0.3 is 0 Å². The SMILES string of the molecule is CC(=O)CC(C)=O.O.[Zn]. The molecule has 0 aliphatic carbocycles. The topological polar surface area (TPSA) is 65.6 Å². The minimum atomic E-state index is -0.0625. The largest absolute Gasteiger partial charge is 0.412 e. The third-order valence-corrected chi connectivity index (χ3v) is 0.498. The molecule has 0 heterocycles. The van der Waals surface area contributed by atoms with Crippen LogP contribution in [0.25, 0.3) is 0 Å². The fourth-order valence-corrected chi connectivity index (χ4v) is 0.351. The summed E-state index contributed by atoms with van der Waals surface area (Å²) in [5.41, 5.74) is 0. The molecule has 0 saturated carbocycles. The molecule has 0 amide bonds. The maximum atomic E-state index is 10.0. The first-order valence-corrected chi connectivity index (χ1v) is 2.12. The van der Waals surface area contributed by atoms with Crippen LogP contribution in [-0.2, 0) is 29.1 Å². The molecule has 0 aromatic carbocycles. The number of carbonyl (C=O) groups excluding carboxylic acids is 2. The van der Waals surface area contributed by atoms with Crippen molar-refractivity contribution in [1.82, 2.24) is 0 Å². The van der Waals surface area contributed by atoms with Crippen molar-refractivity contribution in [3.63, 3.8) is 0 Å². The van der Waals surface area contributed by atoms with Crippen molar-refractivity contribution in [2.24, 2.45) is 0 Å². The fourth-order valence-electron chi connectivity index (χ4n) is 0.351. The zero-order chi connectivity index (χ0) is 5.86. The predicted molar refractivity (Wildman–Crippen MR) is 29.6 cm³/mol. The first-order chi connectivity index (χ1) is 3.13. The number of hydrogen-bond donors (Lipinski definition) is 0. The number of carbonyl (C=O) groups is 2. The van der Waals surface area contributed by atoms with Crippen molar-refractivity contribution in [2.45, 2.75) is 20.3 Å². The molecule has 0 spiro atoms. The van der Waals surface area contributed by atoms with Crippen molar-refractivity contribution < 1.29 is 34.5 Å². The van der Waals surface area contributed by atoms with Crippen molar-refractivity contribution in [3.05, 3.63) is 0 Å². The average Bonchev–Trinajstić information content (AvgIpc) is 1.27. The van der Waals surface area contributed by atoms with E-state index in [0.717, 1.165) is 0 Å². The van der Waals surface area contributed by atoms with E-state index in [2.05, 4.69) is 0 Å². The van der Waals surface area contributed by atoms with Gasteiger partial charge in [-0.25, -0.2) is 0 Å². The van der Waals surface area contributed by atoms with E-state index >= 15 is 0 Å².